The summed E-state index contributed by atoms with van der Waals surface area (Å²) in [6.07, 6.45) is 4.17. The molecule has 1 saturated carbocycles. The van der Waals surface area contributed by atoms with Gasteiger partial charge in [0.2, 0.25) is 11.8 Å². The molecule has 90 valence electrons. The van der Waals surface area contributed by atoms with E-state index in [0.717, 1.165) is 19.3 Å². The van der Waals surface area contributed by atoms with E-state index in [1.807, 2.05) is 0 Å². The van der Waals surface area contributed by atoms with E-state index in [9.17, 15) is 9.59 Å². The second-order valence-corrected chi connectivity index (χ2v) is 4.75. The molecule has 1 heterocycles. The van der Waals surface area contributed by atoms with Gasteiger partial charge < -0.3 is 16.4 Å². The van der Waals surface area contributed by atoms with E-state index in [-0.39, 0.29) is 29.8 Å². The van der Waals surface area contributed by atoms with Gasteiger partial charge in [-0.25, -0.2) is 0 Å². The van der Waals surface area contributed by atoms with Crippen molar-refractivity contribution in [2.45, 2.75) is 44.2 Å². The standard InChI is InChI=1S/C11H19N3O2/c12-8-2-1-3-9(8)14-11(16)7-4-5-10(15)13-6-7/h7-9H,1-6,12H2,(H,13,15)(H,14,16). The van der Waals surface area contributed by atoms with Crippen LogP contribution in [-0.2, 0) is 9.59 Å². The van der Waals surface area contributed by atoms with Gasteiger partial charge in [-0.1, -0.05) is 0 Å². The molecule has 2 rings (SSSR count). The first kappa shape index (κ1) is 11.4. The van der Waals surface area contributed by atoms with Crippen molar-refractivity contribution in [2.75, 3.05) is 6.54 Å². The van der Waals surface area contributed by atoms with Gasteiger partial charge in [-0.2, -0.15) is 0 Å². The lowest BCUT2D eigenvalue weighted by Crippen LogP contribution is -2.49. The van der Waals surface area contributed by atoms with Gasteiger partial charge in [-0.05, 0) is 25.7 Å². The number of nitrogens with two attached hydrogens (primary N) is 1. The van der Waals surface area contributed by atoms with E-state index in [4.69, 9.17) is 5.73 Å². The lowest BCUT2D eigenvalue weighted by atomic mass is 9.97. The second kappa shape index (κ2) is 4.82. The van der Waals surface area contributed by atoms with Crippen LogP contribution < -0.4 is 16.4 Å². The summed E-state index contributed by atoms with van der Waals surface area (Å²) in [5.74, 6) is 0.00877. The van der Waals surface area contributed by atoms with Gasteiger partial charge in [0.1, 0.15) is 0 Å². The minimum atomic E-state index is -0.0782. The van der Waals surface area contributed by atoms with Crippen LogP contribution in [0.25, 0.3) is 0 Å². The van der Waals surface area contributed by atoms with E-state index in [1.54, 1.807) is 0 Å². The van der Waals surface area contributed by atoms with E-state index in [0.29, 0.717) is 19.4 Å². The molecule has 3 unspecified atom stereocenters. The van der Waals surface area contributed by atoms with Gasteiger partial charge in [0.05, 0.1) is 5.92 Å². The number of hydrogen-bond donors (Lipinski definition) is 3. The van der Waals surface area contributed by atoms with Crippen molar-refractivity contribution in [3.8, 4) is 0 Å². The maximum atomic E-state index is 11.9. The van der Waals surface area contributed by atoms with Crippen LogP contribution in [-0.4, -0.2) is 30.4 Å². The molecule has 0 bridgehead atoms. The van der Waals surface area contributed by atoms with Gasteiger partial charge in [-0.15, -0.1) is 0 Å². The Morgan fingerprint density at radius 2 is 2.19 bits per heavy atom. The van der Waals surface area contributed by atoms with Crippen molar-refractivity contribution >= 4 is 11.8 Å². The minimum Gasteiger partial charge on any atom is -0.355 e. The zero-order valence-electron chi connectivity index (χ0n) is 9.37. The number of carbonyl (C=O) groups is 2. The van der Waals surface area contributed by atoms with Crippen LogP contribution in [0, 0.1) is 5.92 Å². The molecule has 4 N–H and O–H groups in total. The largest absolute Gasteiger partial charge is 0.355 e. The monoisotopic (exact) mass is 225 g/mol. The Hall–Kier alpha value is -1.10. The summed E-state index contributed by atoms with van der Waals surface area (Å²) in [5, 5.41) is 5.72. The van der Waals surface area contributed by atoms with Gasteiger partial charge in [0.15, 0.2) is 0 Å². The fourth-order valence-electron chi connectivity index (χ4n) is 2.43. The highest BCUT2D eigenvalue weighted by atomic mass is 16.2. The first-order chi connectivity index (χ1) is 7.66. The average molecular weight is 225 g/mol. The topological polar surface area (TPSA) is 84.2 Å². The molecule has 2 amide bonds. The third-order valence-corrected chi connectivity index (χ3v) is 3.53. The van der Waals surface area contributed by atoms with E-state index in [1.165, 1.54) is 0 Å². The SMILES string of the molecule is NC1CCCC1NC(=O)C1CCC(=O)NC1. The van der Waals surface area contributed by atoms with E-state index >= 15 is 0 Å². The number of hydrogen-bond acceptors (Lipinski definition) is 3. The fourth-order valence-corrected chi connectivity index (χ4v) is 2.43. The van der Waals surface area contributed by atoms with Crippen molar-refractivity contribution < 1.29 is 9.59 Å². The zero-order valence-corrected chi connectivity index (χ0v) is 9.37. The third-order valence-electron chi connectivity index (χ3n) is 3.53. The first-order valence-electron chi connectivity index (χ1n) is 5.99. The quantitative estimate of drug-likeness (QED) is 0.593. The molecule has 2 fully saturated rings. The Labute approximate surface area is 95.1 Å². The van der Waals surface area contributed by atoms with Crippen molar-refractivity contribution in [2.24, 2.45) is 11.7 Å². The highest BCUT2D eigenvalue weighted by Gasteiger charge is 2.30. The molecule has 1 aliphatic heterocycles. The van der Waals surface area contributed by atoms with E-state index in [2.05, 4.69) is 10.6 Å². The Bertz CT molecular complexity index is 283. The summed E-state index contributed by atoms with van der Waals surface area (Å²) in [5.41, 5.74) is 5.89. The lowest BCUT2D eigenvalue weighted by molar-refractivity contribution is -0.129. The number of piperidine rings is 1. The number of carbonyl (C=O) groups excluding carboxylic acids is 2. The second-order valence-electron chi connectivity index (χ2n) is 4.75. The predicted molar refractivity (Wildman–Crippen MR) is 59.5 cm³/mol. The number of nitrogens with one attached hydrogen (secondary N) is 2. The predicted octanol–water partition coefficient (Wildman–Crippen LogP) is -0.491. The maximum absolute atomic E-state index is 11.9. The summed E-state index contributed by atoms with van der Waals surface area (Å²) in [7, 11) is 0. The lowest BCUT2D eigenvalue weighted by Gasteiger charge is -2.25. The van der Waals surface area contributed by atoms with Crippen molar-refractivity contribution in [3.05, 3.63) is 0 Å². The van der Waals surface area contributed by atoms with Gasteiger partial charge >= 0.3 is 0 Å². The highest BCUT2D eigenvalue weighted by molar-refractivity contribution is 5.83. The average Bonchev–Trinajstić information content (AvgIpc) is 2.65. The summed E-state index contributed by atoms with van der Waals surface area (Å²) >= 11 is 0. The number of amides is 2. The van der Waals surface area contributed by atoms with Crippen LogP contribution in [0.15, 0.2) is 0 Å². The maximum Gasteiger partial charge on any atom is 0.225 e. The van der Waals surface area contributed by atoms with Gasteiger partial charge in [0.25, 0.3) is 0 Å². The first-order valence-corrected chi connectivity index (χ1v) is 5.99. The summed E-state index contributed by atoms with van der Waals surface area (Å²) in [6.45, 7) is 0.465. The van der Waals surface area contributed by atoms with Gasteiger partial charge in [0, 0.05) is 25.0 Å². The molecule has 0 spiro atoms. The Morgan fingerprint density at radius 1 is 1.38 bits per heavy atom. The van der Waals surface area contributed by atoms with Crippen LogP contribution in [0.1, 0.15) is 32.1 Å². The van der Waals surface area contributed by atoms with Crippen molar-refractivity contribution in [1.82, 2.24) is 10.6 Å². The van der Waals surface area contributed by atoms with Crippen molar-refractivity contribution in [1.29, 1.82) is 0 Å². The van der Waals surface area contributed by atoms with Crippen LogP contribution in [0.3, 0.4) is 0 Å². The fraction of sp³-hybridized carbons (Fsp3) is 0.818. The number of rotatable bonds is 2. The van der Waals surface area contributed by atoms with Crippen LogP contribution in [0.2, 0.25) is 0 Å². The smallest absolute Gasteiger partial charge is 0.225 e. The molecular formula is C11H19N3O2. The molecule has 0 aromatic heterocycles. The highest BCUT2D eigenvalue weighted by Crippen LogP contribution is 2.18. The Kier molecular flexibility index (Phi) is 3.43. The third kappa shape index (κ3) is 2.52. The summed E-state index contributed by atoms with van der Waals surface area (Å²) in [4.78, 5) is 22.9. The summed E-state index contributed by atoms with van der Waals surface area (Å²) < 4.78 is 0. The van der Waals surface area contributed by atoms with Crippen LogP contribution in [0.5, 0.6) is 0 Å². The molecule has 0 aromatic rings. The van der Waals surface area contributed by atoms with E-state index < -0.39 is 0 Å². The van der Waals surface area contributed by atoms with Crippen LogP contribution in [0.4, 0.5) is 0 Å². The zero-order chi connectivity index (χ0) is 11.5. The molecule has 0 aromatic carbocycles. The molecule has 1 saturated heterocycles. The Balaban J connectivity index is 1.81. The van der Waals surface area contributed by atoms with Gasteiger partial charge in [-0.3, -0.25) is 9.59 Å². The molecule has 1 aliphatic carbocycles. The molecule has 0 radical (unpaired) electrons. The van der Waals surface area contributed by atoms with Crippen molar-refractivity contribution in [3.63, 3.8) is 0 Å². The minimum absolute atomic E-state index is 0.0432. The summed E-state index contributed by atoms with van der Waals surface area (Å²) in [6, 6.07) is 0.229. The molecule has 5 heteroatoms. The van der Waals surface area contributed by atoms with Crippen LogP contribution >= 0.6 is 0 Å². The normalized spacial score (nSPS) is 34.6. The Morgan fingerprint density at radius 3 is 2.75 bits per heavy atom. The molecule has 2 aliphatic rings. The molecule has 3 atom stereocenters. The molecule has 16 heavy (non-hydrogen) atoms. The molecular weight excluding hydrogens is 206 g/mol. The molecule has 5 nitrogen and oxygen atoms in total.